The lowest BCUT2D eigenvalue weighted by molar-refractivity contribution is 0.168. The fourth-order valence-corrected chi connectivity index (χ4v) is 1.82. The molecule has 0 saturated heterocycles. The maximum Gasteiger partial charge on any atom is 0.131 e. The van der Waals surface area contributed by atoms with Crippen LogP contribution in [0.3, 0.4) is 0 Å². The minimum atomic E-state index is -1.08. The van der Waals surface area contributed by atoms with Crippen LogP contribution in [0.1, 0.15) is 23.2 Å². The highest BCUT2D eigenvalue weighted by Crippen LogP contribution is 2.17. The van der Waals surface area contributed by atoms with Gasteiger partial charge in [0.15, 0.2) is 0 Å². The third kappa shape index (κ3) is 3.63. The van der Waals surface area contributed by atoms with Crippen molar-refractivity contribution in [1.29, 1.82) is 0 Å². The summed E-state index contributed by atoms with van der Waals surface area (Å²) in [6.45, 7) is 0.251. The number of halogens is 2. The van der Waals surface area contributed by atoms with Gasteiger partial charge in [0.25, 0.3) is 0 Å². The molecule has 2 rings (SSSR count). The number of aliphatic hydroxyl groups excluding tert-OH is 2. The van der Waals surface area contributed by atoms with E-state index in [0.717, 1.165) is 12.1 Å². The third-order valence-electron chi connectivity index (χ3n) is 2.83. The van der Waals surface area contributed by atoms with E-state index in [-0.39, 0.29) is 18.7 Å². The molecule has 20 heavy (non-hydrogen) atoms. The summed E-state index contributed by atoms with van der Waals surface area (Å²) in [5, 5.41) is 21.6. The van der Waals surface area contributed by atoms with E-state index in [0.29, 0.717) is 18.1 Å². The van der Waals surface area contributed by atoms with Crippen molar-refractivity contribution in [2.75, 3.05) is 6.54 Å². The Kier molecular flexibility index (Phi) is 4.84. The van der Waals surface area contributed by atoms with Gasteiger partial charge in [-0.1, -0.05) is 6.07 Å². The molecule has 0 spiro atoms. The topological polar surface area (TPSA) is 65.6 Å². The number of aliphatic hydroxyl groups is 2. The van der Waals surface area contributed by atoms with Crippen LogP contribution in [0.15, 0.2) is 34.7 Å². The molecule has 1 unspecified atom stereocenters. The minimum absolute atomic E-state index is 0.0365. The quantitative estimate of drug-likeness (QED) is 0.757. The van der Waals surface area contributed by atoms with Gasteiger partial charge in [-0.3, -0.25) is 0 Å². The molecule has 2 aromatic rings. The summed E-state index contributed by atoms with van der Waals surface area (Å²) in [6.07, 6.45) is -1.08. The highest BCUT2D eigenvalue weighted by molar-refractivity contribution is 5.21. The van der Waals surface area contributed by atoms with Crippen molar-refractivity contribution < 1.29 is 23.4 Å². The Hall–Kier alpha value is -1.76. The minimum Gasteiger partial charge on any atom is -0.462 e. The van der Waals surface area contributed by atoms with Gasteiger partial charge in [-0.25, -0.2) is 8.78 Å². The number of rotatable bonds is 6. The lowest BCUT2D eigenvalue weighted by atomic mass is 10.1. The first-order chi connectivity index (χ1) is 9.60. The molecule has 4 nitrogen and oxygen atoms in total. The van der Waals surface area contributed by atoms with E-state index >= 15 is 0 Å². The number of hydrogen-bond donors (Lipinski definition) is 3. The van der Waals surface area contributed by atoms with E-state index in [9.17, 15) is 13.9 Å². The van der Waals surface area contributed by atoms with Crippen LogP contribution in [0.25, 0.3) is 0 Å². The molecule has 0 aliphatic rings. The maximum atomic E-state index is 13.4. The zero-order valence-electron chi connectivity index (χ0n) is 10.6. The number of furan rings is 1. The third-order valence-corrected chi connectivity index (χ3v) is 2.83. The first kappa shape index (κ1) is 14.6. The van der Waals surface area contributed by atoms with Crippen molar-refractivity contribution in [3.63, 3.8) is 0 Å². The molecule has 0 radical (unpaired) electrons. The fourth-order valence-electron chi connectivity index (χ4n) is 1.82. The van der Waals surface area contributed by atoms with Crippen LogP contribution in [-0.4, -0.2) is 16.8 Å². The van der Waals surface area contributed by atoms with Gasteiger partial charge in [0.1, 0.15) is 29.8 Å². The van der Waals surface area contributed by atoms with E-state index < -0.39 is 17.7 Å². The molecule has 108 valence electrons. The average Bonchev–Trinajstić information content (AvgIpc) is 2.86. The van der Waals surface area contributed by atoms with Gasteiger partial charge in [-0.15, -0.1) is 0 Å². The molecule has 3 N–H and O–H groups in total. The number of hydrogen-bond acceptors (Lipinski definition) is 4. The first-order valence-corrected chi connectivity index (χ1v) is 6.12. The Morgan fingerprint density at radius 2 is 1.90 bits per heavy atom. The van der Waals surface area contributed by atoms with Crippen molar-refractivity contribution in [1.82, 2.24) is 5.32 Å². The number of nitrogens with one attached hydrogen (secondary N) is 1. The molecule has 0 aliphatic heterocycles. The first-order valence-electron chi connectivity index (χ1n) is 6.12. The van der Waals surface area contributed by atoms with E-state index in [2.05, 4.69) is 5.32 Å². The lowest BCUT2D eigenvalue weighted by Gasteiger charge is -2.12. The highest BCUT2D eigenvalue weighted by Gasteiger charge is 2.13. The highest BCUT2D eigenvalue weighted by atomic mass is 19.1. The van der Waals surface area contributed by atoms with Crippen LogP contribution >= 0.6 is 0 Å². The van der Waals surface area contributed by atoms with E-state index in [1.165, 1.54) is 6.07 Å². The summed E-state index contributed by atoms with van der Waals surface area (Å²) in [5.74, 6) is -0.411. The predicted molar refractivity (Wildman–Crippen MR) is 67.7 cm³/mol. The molecule has 0 aliphatic carbocycles. The number of benzene rings is 1. The largest absolute Gasteiger partial charge is 0.462 e. The van der Waals surface area contributed by atoms with Gasteiger partial charge in [0, 0.05) is 18.2 Å². The monoisotopic (exact) mass is 283 g/mol. The van der Waals surface area contributed by atoms with Gasteiger partial charge in [-0.05, 0) is 18.2 Å². The Morgan fingerprint density at radius 1 is 1.15 bits per heavy atom. The summed E-state index contributed by atoms with van der Waals surface area (Å²) in [7, 11) is 0. The molecule has 0 amide bonds. The summed E-state index contributed by atoms with van der Waals surface area (Å²) in [6, 6.07) is 6.39. The second kappa shape index (κ2) is 6.60. The van der Waals surface area contributed by atoms with Crippen molar-refractivity contribution in [2.45, 2.75) is 19.3 Å². The van der Waals surface area contributed by atoms with Crippen LogP contribution in [0, 0.1) is 11.6 Å². The van der Waals surface area contributed by atoms with Crippen molar-refractivity contribution in [2.24, 2.45) is 0 Å². The van der Waals surface area contributed by atoms with Gasteiger partial charge >= 0.3 is 0 Å². The van der Waals surface area contributed by atoms with Gasteiger partial charge < -0.3 is 19.9 Å². The van der Waals surface area contributed by atoms with Crippen LogP contribution in [0.2, 0.25) is 0 Å². The molecular weight excluding hydrogens is 268 g/mol. The van der Waals surface area contributed by atoms with Gasteiger partial charge in [0.2, 0.25) is 0 Å². The molecule has 0 fully saturated rings. The van der Waals surface area contributed by atoms with E-state index in [4.69, 9.17) is 9.52 Å². The van der Waals surface area contributed by atoms with E-state index in [1.54, 1.807) is 12.1 Å². The van der Waals surface area contributed by atoms with E-state index in [1.807, 2.05) is 0 Å². The Labute approximate surface area is 114 Å². The maximum absolute atomic E-state index is 13.4. The summed E-state index contributed by atoms with van der Waals surface area (Å²) >= 11 is 0. The zero-order valence-corrected chi connectivity index (χ0v) is 10.6. The SMILES string of the molecule is OCc1ccc(CNCC(O)c2ccc(F)cc2F)o1. The Balaban J connectivity index is 1.87. The molecule has 0 bridgehead atoms. The fraction of sp³-hybridized carbons (Fsp3) is 0.286. The standard InChI is InChI=1S/C14H15F2NO3/c15-9-1-4-12(13(16)5-9)14(19)7-17-6-10-2-3-11(8-18)20-10/h1-5,14,17-19H,6-8H2. The lowest BCUT2D eigenvalue weighted by Crippen LogP contribution is -2.21. The summed E-state index contributed by atoms with van der Waals surface area (Å²) < 4.78 is 31.4. The molecule has 1 heterocycles. The van der Waals surface area contributed by atoms with Crippen LogP contribution in [0.5, 0.6) is 0 Å². The average molecular weight is 283 g/mol. The predicted octanol–water partition coefficient (Wildman–Crippen LogP) is 1.87. The normalized spacial score (nSPS) is 12.6. The van der Waals surface area contributed by atoms with Crippen LogP contribution in [0.4, 0.5) is 8.78 Å². The summed E-state index contributed by atoms with van der Waals surface area (Å²) in [4.78, 5) is 0. The van der Waals surface area contributed by atoms with Crippen molar-refractivity contribution in [3.8, 4) is 0 Å². The van der Waals surface area contributed by atoms with Crippen LogP contribution < -0.4 is 5.32 Å². The Bertz CT molecular complexity index is 571. The molecule has 6 heteroatoms. The second-order valence-electron chi connectivity index (χ2n) is 4.34. The summed E-state index contributed by atoms with van der Waals surface area (Å²) in [5.41, 5.74) is 0.0365. The smallest absolute Gasteiger partial charge is 0.131 e. The van der Waals surface area contributed by atoms with Crippen molar-refractivity contribution in [3.05, 3.63) is 59.1 Å². The molecule has 1 aromatic carbocycles. The second-order valence-corrected chi connectivity index (χ2v) is 4.34. The van der Waals surface area contributed by atoms with Crippen molar-refractivity contribution >= 4 is 0 Å². The molecule has 1 atom stereocenters. The van der Waals surface area contributed by atoms with Gasteiger partial charge in [0.05, 0.1) is 12.6 Å². The van der Waals surface area contributed by atoms with Gasteiger partial charge in [-0.2, -0.15) is 0 Å². The Morgan fingerprint density at radius 3 is 2.55 bits per heavy atom. The van der Waals surface area contributed by atoms with Crippen LogP contribution in [-0.2, 0) is 13.2 Å². The zero-order chi connectivity index (χ0) is 14.5. The molecule has 0 saturated carbocycles. The molecule has 1 aromatic heterocycles. The molecular formula is C14H15F2NO3.